The summed E-state index contributed by atoms with van der Waals surface area (Å²) in [5.41, 5.74) is 11.3. The van der Waals surface area contributed by atoms with E-state index in [1.54, 1.807) is 6.33 Å². The molecule has 4 heteroatoms. The van der Waals surface area contributed by atoms with Gasteiger partial charge in [-0.15, -0.1) is 0 Å². The van der Waals surface area contributed by atoms with Gasteiger partial charge < -0.3 is 9.97 Å². The van der Waals surface area contributed by atoms with Crippen LogP contribution in [-0.4, -0.2) is 19.9 Å². The summed E-state index contributed by atoms with van der Waals surface area (Å²) in [4.78, 5) is 15.6. The number of benzene rings is 2. The van der Waals surface area contributed by atoms with Crippen LogP contribution in [0, 0.1) is 20.8 Å². The molecule has 0 radical (unpaired) electrons. The fraction of sp³-hybridized carbons (Fsp3) is 0.130. The van der Waals surface area contributed by atoms with E-state index in [-0.39, 0.29) is 0 Å². The highest BCUT2D eigenvalue weighted by atomic mass is 14.9. The smallest absolute Gasteiger partial charge is 0.0931 e. The lowest BCUT2D eigenvalue weighted by atomic mass is 10.0. The molecule has 0 bridgehead atoms. The summed E-state index contributed by atoms with van der Waals surface area (Å²) in [6.07, 6.45) is 1.73. The van der Waals surface area contributed by atoms with E-state index in [0.717, 1.165) is 27.9 Å². The van der Waals surface area contributed by atoms with Crippen LogP contribution < -0.4 is 0 Å². The van der Waals surface area contributed by atoms with Crippen LogP contribution in [0.3, 0.4) is 0 Å². The number of fused-ring (bicyclic) bond motifs is 2. The predicted molar refractivity (Wildman–Crippen MR) is 111 cm³/mol. The van der Waals surface area contributed by atoms with Crippen molar-refractivity contribution in [1.29, 1.82) is 0 Å². The Bertz CT molecular complexity index is 1290. The zero-order chi connectivity index (χ0) is 18.5. The van der Waals surface area contributed by atoms with Gasteiger partial charge in [0.05, 0.1) is 17.4 Å². The fourth-order valence-electron chi connectivity index (χ4n) is 3.90. The Kier molecular flexibility index (Phi) is 3.41. The molecule has 0 aliphatic carbocycles. The number of nitrogens with zero attached hydrogens (tertiary/aromatic N) is 2. The number of aromatic nitrogens is 4. The normalized spacial score (nSPS) is 11.5. The van der Waals surface area contributed by atoms with E-state index >= 15 is 0 Å². The average Bonchev–Trinajstić information content (AvgIpc) is 3.24. The van der Waals surface area contributed by atoms with Gasteiger partial charge in [0.25, 0.3) is 0 Å². The molecule has 0 aliphatic rings. The van der Waals surface area contributed by atoms with Crippen LogP contribution in [0.1, 0.15) is 17.0 Å². The molecule has 0 saturated heterocycles. The zero-order valence-electron chi connectivity index (χ0n) is 15.6. The van der Waals surface area contributed by atoms with Crippen molar-refractivity contribution in [2.75, 3.05) is 0 Å². The Morgan fingerprint density at radius 1 is 0.741 bits per heavy atom. The maximum absolute atomic E-state index is 4.50. The minimum absolute atomic E-state index is 0.987. The van der Waals surface area contributed by atoms with Gasteiger partial charge in [0.15, 0.2) is 0 Å². The second-order valence-electron chi connectivity index (χ2n) is 7.16. The lowest BCUT2D eigenvalue weighted by Gasteiger charge is -2.04. The van der Waals surface area contributed by atoms with Gasteiger partial charge in [-0.2, -0.15) is 0 Å². The quantitative estimate of drug-likeness (QED) is 0.428. The van der Waals surface area contributed by atoms with Crippen LogP contribution in [-0.2, 0) is 0 Å². The van der Waals surface area contributed by atoms with E-state index in [0.29, 0.717) is 0 Å². The Labute approximate surface area is 157 Å². The van der Waals surface area contributed by atoms with Gasteiger partial charge in [-0.05, 0) is 67.8 Å². The van der Waals surface area contributed by atoms with Crippen molar-refractivity contribution in [1.82, 2.24) is 19.9 Å². The van der Waals surface area contributed by atoms with E-state index in [4.69, 9.17) is 0 Å². The van der Waals surface area contributed by atoms with E-state index in [9.17, 15) is 0 Å². The predicted octanol–water partition coefficient (Wildman–Crippen LogP) is 5.70. The van der Waals surface area contributed by atoms with E-state index in [2.05, 4.69) is 75.4 Å². The number of aryl methyl sites for hydroxylation is 3. The van der Waals surface area contributed by atoms with Crippen LogP contribution in [0.15, 0.2) is 54.9 Å². The van der Waals surface area contributed by atoms with E-state index in [1.807, 2.05) is 13.8 Å². The maximum Gasteiger partial charge on any atom is 0.0931 e. The van der Waals surface area contributed by atoms with Crippen LogP contribution >= 0.6 is 0 Å². The Balaban J connectivity index is 1.65. The van der Waals surface area contributed by atoms with Crippen molar-refractivity contribution < 1.29 is 0 Å². The minimum Gasteiger partial charge on any atom is -0.354 e. The van der Waals surface area contributed by atoms with Crippen molar-refractivity contribution in [2.24, 2.45) is 0 Å². The number of rotatable bonds is 2. The Morgan fingerprint density at radius 3 is 2.22 bits per heavy atom. The van der Waals surface area contributed by atoms with Gasteiger partial charge in [0.2, 0.25) is 0 Å². The molecule has 2 aromatic carbocycles. The van der Waals surface area contributed by atoms with Crippen molar-refractivity contribution in [3.63, 3.8) is 0 Å². The molecule has 4 nitrogen and oxygen atoms in total. The second-order valence-corrected chi connectivity index (χ2v) is 7.16. The Morgan fingerprint density at radius 2 is 1.44 bits per heavy atom. The second kappa shape index (κ2) is 5.81. The minimum atomic E-state index is 0.987. The third-order valence-electron chi connectivity index (χ3n) is 5.18. The number of nitrogens with one attached hydrogen (secondary N) is 2. The molecule has 3 aromatic heterocycles. The Hall–Kier alpha value is -3.40. The SMILES string of the molecule is Cc1cc(-c2[nH]c3cc(-c4ccc5nc[nH]c5c4)ccc3c2C)cc(C)n1. The van der Waals surface area contributed by atoms with Crippen LogP contribution in [0.2, 0.25) is 0 Å². The monoisotopic (exact) mass is 352 g/mol. The molecule has 3 heterocycles. The summed E-state index contributed by atoms with van der Waals surface area (Å²) in [5.74, 6) is 0. The van der Waals surface area contributed by atoms with Gasteiger partial charge in [-0.25, -0.2) is 4.98 Å². The molecule has 0 saturated carbocycles. The summed E-state index contributed by atoms with van der Waals surface area (Å²) in [6.45, 7) is 6.26. The number of pyridine rings is 1. The molecular formula is C23H20N4. The largest absolute Gasteiger partial charge is 0.354 e. The van der Waals surface area contributed by atoms with Crippen molar-refractivity contribution in [3.05, 3.63) is 71.8 Å². The van der Waals surface area contributed by atoms with Gasteiger partial charge in [-0.3, -0.25) is 4.98 Å². The number of aromatic amines is 2. The number of imidazole rings is 1. The maximum atomic E-state index is 4.50. The van der Waals surface area contributed by atoms with Gasteiger partial charge >= 0.3 is 0 Å². The summed E-state index contributed by atoms with van der Waals surface area (Å²) in [7, 11) is 0. The van der Waals surface area contributed by atoms with Crippen molar-refractivity contribution in [3.8, 4) is 22.4 Å². The molecular weight excluding hydrogens is 332 g/mol. The highest BCUT2D eigenvalue weighted by molar-refractivity contribution is 5.94. The first kappa shape index (κ1) is 15.8. The summed E-state index contributed by atoms with van der Waals surface area (Å²) >= 11 is 0. The van der Waals surface area contributed by atoms with Gasteiger partial charge in [0.1, 0.15) is 0 Å². The molecule has 5 aromatic rings. The molecule has 5 rings (SSSR count). The number of hydrogen-bond donors (Lipinski definition) is 2. The highest BCUT2D eigenvalue weighted by Gasteiger charge is 2.12. The molecule has 0 amide bonds. The van der Waals surface area contributed by atoms with E-state index < -0.39 is 0 Å². The number of hydrogen-bond acceptors (Lipinski definition) is 2. The fourth-order valence-corrected chi connectivity index (χ4v) is 3.90. The number of H-pyrrole nitrogens is 2. The molecule has 27 heavy (non-hydrogen) atoms. The van der Waals surface area contributed by atoms with Crippen LogP contribution in [0.25, 0.3) is 44.3 Å². The molecule has 0 fully saturated rings. The summed E-state index contributed by atoms with van der Waals surface area (Å²) < 4.78 is 0. The summed E-state index contributed by atoms with van der Waals surface area (Å²) in [6, 6.07) is 17.2. The molecule has 0 atom stereocenters. The van der Waals surface area contributed by atoms with Gasteiger partial charge in [-0.1, -0.05) is 18.2 Å². The van der Waals surface area contributed by atoms with Crippen LogP contribution in [0.4, 0.5) is 0 Å². The van der Waals surface area contributed by atoms with Crippen molar-refractivity contribution in [2.45, 2.75) is 20.8 Å². The first-order chi connectivity index (χ1) is 13.1. The highest BCUT2D eigenvalue weighted by Crippen LogP contribution is 2.33. The molecule has 0 spiro atoms. The third-order valence-corrected chi connectivity index (χ3v) is 5.18. The first-order valence-corrected chi connectivity index (χ1v) is 9.10. The standard InChI is InChI=1S/C23H20N4/c1-13-8-18(9-14(2)26-13)23-15(3)19-6-4-16(10-21(19)27-23)17-5-7-20-22(11-17)25-12-24-20/h4-12,27H,1-3H3,(H,24,25). The molecule has 132 valence electrons. The molecule has 0 aliphatic heterocycles. The van der Waals surface area contributed by atoms with E-state index in [1.165, 1.54) is 33.3 Å². The zero-order valence-corrected chi connectivity index (χ0v) is 15.6. The molecule has 2 N–H and O–H groups in total. The third kappa shape index (κ3) is 2.61. The first-order valence-electron chi connectivity index (χ1n) is 9.10. The lowest BCUT2D eigenvalue weighted by molar-refractivity contribution is 1.12. The topological polar surface area (TPSA) is 57.4 Å². The van der Waals surface area contributed by atoms with Crippen molar-refractivity contribution >= 4 is 21.9 Å². The van der Waals surface area contributed by atoms with Gasteiger partial charge in [0, 0.05) is 33.5 Å². The lowest BCUT2D eigenvalue weighted by Crippen LogP contribution is -1.89. The van der Waals surface area contributed by atoms with Crippen LogP contribution in [0.5, 0.6) is 0 Å². The summed E-state index contributed by atoms with van der Waals surface area (Å²) in [5, 5.41) is 1.25. The average molecular weight is 352 g/mol. The molecule has 0 unspecified atom stereocenters.